The zero-order valence-electron chi connectivity index (χ0n) is 16.8. The van der Waals surface area contributed by atoms with Crippen LogP contribution in [0.3, 0.4) is 0 Å². The van der Waals surface area contributed by atoms with E-state index in [-0.39, 0.29) is 12.1 Å². The fourth-order valence-electron chi connectivity index (χ4n) is 3.95. The molecule has 0 fully saturated rings. The molecule has 0 radical (unpaired) electrons. The van der Waals surface area contributed by atoms with Gasteiger partial charge in [0.05, 0.1) is 17.7 Å². The van der Waals surface area contributed by atoms with E-state index < -0.39 is 6.09 Å². The first-order valence-corrected chi connectivity index (χ1v) is 10.7. The first kappa shape index (κ1) is 20.0. The van der Waals surface area contributed by atoms with Crippen LogP contribution in [0, 0.1) is 11.3 Å². The first-order valence-electron chi connectivity index (χ1n) is 9.89. The molecule has 2 aromatic carbocycles. The maximum Gasteiger partial charge on any atom is 0.405 e. The van der Waals surface area contributed by atoms with E-state index in [4.69, 9.17) is 9.84 Å². The Bertz CT molecular complexity index is 1140. The second kappa shape index (κ2) is 8.21. The Morgan fingerprint density at radius 2 is 2.03 bits per heavy atom. The lowest BCUT2D eigenvalue weighted by molar-refractivity contribution is 0.190. The highest BCUT2D eigenvalue weighted by atomic mass is 32.1. The highest BCUT2D eigenvalue weighted by Gasteiger charge is 2.26. The summed E-state index contributed by atoms with van der Waals surface area (Å²) in [6.45, 7) is 3.88. The number of amides is 1. The van der Waals surface area contributed by atoms with Crippen molar-refractivity contribution in [2.75, 3.05) is 0 Å². The number of thiophene rings is 1. The fraction of sp³-hybridized carbons (Fsp3) is 0.250. The summed E-state index contributed by atoms with van der Waals surface area (Å²) in [5.41, 5.74) is 4.93. The van der Waals surface area contributed by atoms with Crippen LogP contribution in [0.2, 0.25) is 0 Å². The third kappa shape index (κ3) is 3.89. The molecular weight excluding hydrogens is 396 g/mol. The van der Waals surface area contributed by atoms with E-state index in [1.165, 1.54) is 5.56 Å². The zero-order chi connectivity index (χ0) is 21.3. The minimum atomic E-state index is -0.991. The number of nitriles is 1. The largest absolute Gasteiger partial charge is 0.490 e. The molecule has 152 valence electrons. The Labute approximate surface area is 179 Å². The molecule has 1 unspecified atom stereocenters. The van der Waals surface area contributed by atoms with Gasteiger partial charge in [-0.3, -0.25) is 0 Å². The molecule has 3 aromatic rings. The number of carboxylic acid groups (broad SMARTS) is 1. The van der Waals surface area contributed by atoms with Gasteiger partial charge in [-0.15, -0.1) is 11.3 Å². The molecule has 1 amide bonds. The van der Waals surface area contributed by atoms with Crippen molar-refractivity contribution in [1.29, 1.82) is 5.26 Å². The third-order valence-electron chi connectivity index (χ3n) is 5.19. The molecule has 0 saturated heterocycles. The summed E-state index contributed by atoms with van der Waals surface area (Å²) in [6, 6.07) is 18.0. The number of carbonyl (C=O) groups is 1. The molecular formula is C24H22N2O3S. The van der Waals surface area contributed by atoms with Crippen molar-refractivity contribution in [1.82, 2.24) is 5.32 Å². The molecule has 0 aliphatic heterocycles. The molecule has 30 heavy (non-hydrogen) atoms. The molecule has 0 bridgehead atoms. The van der Waals surface area contributed by atoms with Gasteiger partial charge in [0.2, 0.25) is 0 Å². The van der Waals surface area contributed by atoms with Gasteiger partial charge in [-0.2, -0.15) is 5.26 Å². The fourth-order valence-corrected chi connectivity index (χ4v) is 5.00. The summed E-state index contributed by atoms with van der Waals surface area (Å²) in [7, 11) is 0. The van der Waals surface area contributed by atoms with Gasteiger partial charge in [0.1, 0.15) is 11.8 Å². The van der Waals surface area contributed by atoms with Crippen LogP contribution in [0.25, 0.3) is 20.9 Å². The van der Waals surface area contributed by atoms with Gasteiger partial charge in [-0.05, 0) is 79.3 Å². The van der Waals surface area contributed by atoms with Crippen molar-refractivity contribution < 1.29 is 14.6 Å². The van der Waals surface area contributed by atoms with Gasteiger partial charge in [-0.1, -0.05) is 18.2 Å². The molecule has 1 aliphatic carbocycles. The van der Waals surface area contributed by atoms with Gasteiger partial charge < -0.3 is 15.2 Å². The number of hydrogen-bond acceptors (Lipinski definition) is 4. The lowest BCUT2D eigenvalue weighted by Gasteiger charge is -2.12. The monoisotopic (exact) mass is 418 g/mol. The molecule has 1 heterocycles. The van der Waals surface area contributed by atoms with Gasteiger partial charge in [0, 0.05) is 9.75 Å². The lowest BCUT2D eigenvalue weighted by Crippen LogP contribution is -2.24. The summed E-state index contributed by atoms with van der Waals surface area (Å²) in [5, 5.41) is 21.2. The van der Waals surface area contributed by atoms with Crippen molar-refractivity contribution in [3.05, 3.63) is 65.2 Å². The molecule has 1 aromatic heterocycles. The predicted octanol–water partition coefficient (Wildman–Crippen LogP) is 6.00. The van der Waals surface area contributed by atoms with Gasteiger partial charge in [-0.25, -0.2) is 4.79 Å². The SMILES string of the molecule is CC(C)Oc1ccc(-c2ccc(-c3cccc4c3CCC4NC(=O)O)s2)cc1C#N. The first-order chi connectivity index (χ1) is 14.5. The highest BCUT2D eigenvalue weighted by molar-refractivity contribution is 7.18. The van der Waals surface area contributed by atoms with Crippen LogP contribution in [0.4, 0.5) is 4.79 Å². The second-order valence-electron chi connectivity index (χ2n) is 7.57. The standard InChI is InChI=1S/C24H22N2O3S/c1-14(2)29-21-9-6-15(12-16(21)13-25)22-10-11-23(30-22)19-5-3-4-18-17(19)7-8-20(18)26-24(27)28/h3-6,9-12,14,20,26H,7-8H2,1-2H3,(H,27,28). The normalized spacial score (nSPS) is 14.9. The second-order valence-corrected chi connectivity index (χ2v) is 8.65. The summed E-state index contributed by atoms with van der Waals surface area (Å²) >= 11 is 1.67. The van der Waals surface area contributed by atoms with Gasteiger partial charge >= 0.3 is 6.09 Å². The molecule has 1 atom stereocenters. The van der Waals surface area contributed by atoms with Crippen molar-refractivity contribution >= 4 is 17.4 Å². The quantitative estimate of drug-likeness (QED) is 0.533. The summed E-state index contributed by atoms with van der Waals surface area (Å²) in [6.07, 6.45) is 0.647. The van der Waals surface area contributed by atoms with Crippen LogP contribution in [0.5, 0.6) is 5.75 Å². The highest BCUT2D eigenvalue weighted by Crippen LogP contribution is 2.42. The Morgan fingerprint density at radius 3 is 2.77 bits per heavy atom. The summed E-state index contributed by atoms with van der Waals surface area (Å²) in [4.78, 5) is 13.3. The number of hydrogen-bond donors (Lipinski definition) is 2. The van der Waals surface area contributed by atoms with E-state index in [1.54, 1.807) is 11.3 Å². The zero-order valence-corrected chi connectivity index (χ0v) is 17.6. The number of nitrogens with one attached hydrogen (secondary N) is 1. The van der Waals surface area contributed by atoms with Crippen molar-refractivity contribution in [3.63, 3.8) is 0 Å². The number of fused-ring (bicyclic) bond motifs is 1. The average molecular weight is 419 g/mol. The number of benzene rings is 2. The Balaban J connectivity index is 1.66. The van der Waals surface area contributed by atoms with Crippen molar-refractivity contribution in [3.8, 4) is 32.7 Å². The van der Waals surface area contributed by atoms with E-state index in [0.29, 0.717) is 11.3 Å². The maximum atomic E-state index is 11.1. The third-order valence-corrected chi connectivity index (χ3v) is 6.35. The topological polar surface area (TPSA) is 82.3 Å². The van der Waals surface area contributed by atoms with Gasteiger partial charge in [0.15, 0.2) is 0 Å². The molecule has 0 saturated carbocycles. The van der Waals surface area contributed by atoms with E-state index >= 15 is 0 Å². The van der Waals surface area contributed by atoms with Crippen LogP contribution in [0.15, 0.2) is 48.5 Å². The van der Waals surface area contributed by atoms with E-state index in [0.717, 1.165) is 39.3 Å². The maximum absolute atomic E-state index is 11.1. The molecule has 1 aliphatic rings. The Kier molecular flexibility index (Phi) is 5.47. The Hall–Kier alpha value is -3.30. The summed E-state index contributed by atoms with van der Waals surface area (Å²) < 4.78 is 5.72. The van der Waals surface area contributed by atoms with Crippen LogP contribution in [-0.2, 0) is 6.42 Å². The molecule has 4 rings (SSSR count). The number of nitrogens with zero attached hydrogens (tertiary/aromatic N) is 1. The predicted molar refractivity (Wildman–Crippen MR) is 118 cm³/mol. The van der Waals surface area contributed by atoms with Crippen LogP contribution in [0.1, 0.15) is 43.0 Å². The molecule has 6 heteroatoms. The van der Waals surface area contributed by atoms with Crippen LogP contribution >= 0.6 is 11.3 Å². The van der Waals surface area contributed by atoms with Crippen molar-refractivity contribution in [2.45, 2.75) is 38.8 Å². The lowest BCUT2D eigenvalue weighted by atomic mass is 10.0. The summed E-state index contributed by atoms with van der Waals surface area (Å²) in [5.74, 6) is 0.603. The smallest absolute Gasteiger partial charge is 0.405 e. The average Bonchev–Trinajstić information content (AvgIpc) is 3.35. The van der Waals surface area contributed by atoms with Crippen LogP contribution in [-0.4, -0.2) is 17.3 Å². The Morgan fingerprint density at radius 1 is 1.23 bits per heavy atom. The minimum Gasteiger partial charge on any atom is -0.490 e. The van der Waals surface area contributed by atoms with E-state index in [1.807, 2.05) is 44.2 Å². The number of rotatable bonds is 5. The van der Waals surface area contributed by atoms with Gasteiger partial charge in [0.25, 0.3) is 0 Å². The van der Waals surface area contributed by atoms with E-state index in [9.17, 15) is 10.1 Å². The van der Waals surface area contributed by atoms with Crippen LogP contribution < -0.4 is 10.1 Å². The number of ether oxygens (including phenoxy) is 1. The van der Waals surface area contributed by atoms with E-state index in [2.05, 4.69) is 29.6 Å². The van der Waals surface area contributed by atoms with Crippen molar-refractivity contribution in [2.24, 2.45) is 0 Å². The molecule has 2 N–H and O–H groups in total. The molecule has 5 nitrogen and oxygen atoms in total. The minimum absolute atomic E-state index is 0.0101. The molecule has 0 spiro atoms.